The predicted molar refractivity (Wildman–Crippen MR) is 65.3 cm³/mol. The molecule has 1 aromatic carbocycles. The Morgan fingerprint density at radius 1 is 1.25 bits per heavy atom. The number of fused-ring (bicyclic) bond motifs is 1. The van der Waals surface area contributed by atoms with Crippen LogP contribution in [0, 0.1) is 0 Å². The summed E-state index contributed by atoms with van der Waals surface area (Å²) in [5.74, 6) is 0.485. The van der Waals surface area contributed by atoms with Gasteiger partial charge >= 0.3 is 0 Å². The number of hydrogen-bond acceptors (Lipinski definition) is 2. The summed E-state index contributed by atoms with van der Waals surface area (Å²) in [6.07, 6.45) is 1.91. The van der Waals surface area contributed by atoms with E-state index in [4.69, 9.17) is 17.3 Å². The van der Waals surface area contributed by atoms with Gasteiger partial charge in [0.1, 0.15) is 5.82 Å². The lowest BCUT2D eigenvalue weighted by Crippen LogP contribution is -1.81. The molecule has 0 saturated carbocycles. The summed E-state index contributed by atoms with van der Waals surface area (Å²) in [4.78, 5) is 3.16. The SMILES string of the molecule is Nc1cc(-c2c[nH]c3cc(Cl)ccc23)[nH]n1. The molecule has 3 rings (SSSR count). The lowest BCUT2D eigenvalue weighted by molar-refractivity contribution is 1.10. The molecule has 3 aromatic rings. The van der Waals surface area contributed by atoms with E-state index < -0.39 is 0 Å². The van der Waals surface area contributed by atoms with Crippen molar-refractivity contribution in [2.45, 2.75) is 0 Å². The van der Waals surface area contributed by atoms with Crippen LogP contribution >= 0.6 is 11.6 Å². The minimum atomic E-state index is 0.485. The average Bonchev–Trinajstić information content (AvgIpc) is 2.83. The maximum atomic E-state index is 5.92. The Balaban J connectivity index is 2.25. The van der Waals surface area contributed by atoms with Gasteiger partial charge in [-0.05, 0) is 12.1 Å². The Morgan fingerprint density at radius 3 is 2.88 bits per heavy atom. The number of nitrogens with zero attached hydrogens (tertiary/aromatic N) is 1. The summed E-state index contributed by atoms with van der Waals surface area (Å²) >= 11 is 5.92. The van der Waals surface area contributed by atoms with Gasteiger partial charge in [0.15, 0.2) is 0 Å². The lowest BCUT2D eigenvalue weighted by atomic mass is 10.1. The summed E-state index contributed by atoms with van der Waals surface area (Å²) < 4.78 is 0. The number of anilines is 1. The number of hydrogen-bond donors (Lipinski definition) is 3. The van der Waals surface area contributed by atoms with Gasteiger partial charge in [0.05, 0.1) is 5.69 Å². The van der Waals surface area contributed by atoms with Crippen LogP contribution in [-0.4, -0.2) is 15.2 Å². The van der Waals surface area contributed by atoms with Gasteiger partial charge in [0, 0.05) is 33.8 Å². The molecule has 2 aromatic heterocycles. The van der Waals surface area contributed by atoms with Crippen molar-refractivity contribution in [1.82, 2.24) is 15.2 Å². The van der Waals surface area contributed by atoms with E-state index in [0.29, 0.717) is 10.8 Å². The second kappa shape index (κ2) is 3.28. The molecule has 0 fully saturated rings. The summed E-state index contributed by atoms with van der Waals surface area (Å²) in [5.41, 5.74) is 8.51. The first kappa shape index (κ1) is 9.30. The molecule has 80 valence electrons. The molecule has 0 bridgehead atoms. The van der Waals surface area contributed by atoms with E-state index in [1.807, 2.05) is 24.4 Å². The number of aromatic nitrogens is 3. The van der Waals surface area contributed by atoms with Crippen LogP contribution in [0.15, 0.2) is 30.5 Å². The normalized spacial score (nSPS) is 11.1. The van der Waals surface area contributed by atoms with Crippen LogP contribution < -0.4 is 5.73 Å². The molecule has 4 N–H and O–H groups in total. The van der Waals surface area contributed by atoms with Crippen LogP contribution in [0.1, 0.15) is 0 Å². The summed E-state index contributed by atoms with van der Waals surface area (Å²) in [7, 11) is 0. The second-order valence-electron chi connectivity index (χ2n) is 3.60. The number of benzene rings is 1. The molecular formula is C11H9ClN4. The zero-order valence-electron chi connectivity index (χ0n) is 8.29. The maximum absolute atomic E-state index is 5.92. The molecule has 0 aliphatic rings. The van der Waals surface area contributed by atoms with Crippen molar-refractivity contribution in [3.63, 3.8) is 0 Å². The van der Waals surface area contributed by atoms with Crippen LogP contribution in [0.2, 0.25) is 5.02 Å². The molecule has 0 radical (unpaired) electrons. The predicted octanol–water partition coefficient (Wildman–Crippen LogP) is 2.79. The summed E-state index contributed by atoms with van der Waals surface area (Å²) in [6, 6.07) is 7.53. The third-order valence-electron chi connectivity index (χ3n) is 2.53. The van der Waals surface area contributed by atoms with E-state index in [1.54, 1.807) is 6.07 Å². The smallest absolute Gasteiger partial charge is 0.145 e. The standard InChI is InChI=1S/C11H9ClN4/c12-6-1-2-7-8(5-14-9(7)3-6)10-4-11(13)16-15-10/h1-5,14H,(H3,13,15,16). The first-order chi connectivity index (χ1) is 7.74. The Labute approximate surface area is 96.4 Å². The summed E-state index contributed by atoms with van der Waals surface area (Å²) in [6.45, 7) is 0. The van der Waals surface area contributed by atoms with Gasteiger partial charge in [0.25, 0.3) is 0 Å². The molecule has 0 saturated heterocycles. The molecular weight excluding hydrogens is 224 g/mol. The molecule has 4 nitrogen and oxygen atoms in total. The van der Waals surface area contributed by atoms with Crippen LogP contribution in [0.3, 0.4) is 0 Å². The molecule has 0 spiro atoms. The van der Waals surface area contributed by atoms with Crippen LogP contribution in [0.5, 0.6) is 0 Å². The van der Waals surface area contributed by atoms with Gasteiger partial charge in [-0.2, -0.15) is 5.10 Å². The van der Waals surface area contributed by atoms with Crippen molar-refractivity contribution >= 4 is 28.3 Å². The van der Waals surface area contributed by atoms with Gasteiger partial charge in [-0.15, -0.1) is 0 Å². The van der Waals surface area contributed by atoms with E-state index in [-0.39, 0.29) is 0 Å². The van der Waals surface area contributed by atoms with Crippen LogP contribution in [0.4, 0.5) is 5.82 Å². The number of nitrogen functional groups attached to an aromatic ring is 1. The lowest BCUT2D eigenvalue weighted by Gasteiger charge is -1.95. The van der Waals surface area contributed by atoms with Crippen molar-refractivity contribution in [3.05, 3.63) is 35.5 Å². The van der Waals surface area contributed by atoms with Crippen molar-refractivity contribution < 1.29 is 0 Å². The van der Waals surface area contributed by atoms with Crippen molar-refractivity contribution in [2.75, 3.05) is 5.73 Å². The minimum Gasteiger partial charge on any atom is -0.382 e. The zero-order valence-corrected chi connectivity index (χ0v) is 9.05. The first-order valence-electron chi connectivity index (χ1n) is 4.82. The monoisotopic (exact) mass is 232 g/mol. The topological polar surface area (TPSA) is 70.5 Å². The molecule has 16 heavy (non-hydrogen) atoms. The third kappa shape index (κ3) is 1.35. The van der Waals surface area contributed by atoms with Gasteiger partial charge in [-0.1, -0.05) is 17.7 Å². The number of halogens is 1. The molecule has 0 unspecified atom stereocenters. The van der Waals surface area contributed by atoms with E-state index in [9.17, 15) is 0 Å². The summed E-state index contributed by atoms with van der Waals surface area (Å²) in [5, 5.41) is 8.60. The molecule has 0 amide bonds. The van der Waals surface area contributed by atoms with Crippen molar-refractivity contribution in [3.8, 4) is 11.3 Å². The van der Waals surface area contributed by atoms with Gasteiger partial charge in [-0.3, -0.25) is 5.10 Å². The molecule has 0 aliphatic carbocycles. The van der Waals surface area contributed by atoms with E-state index >= 15 is 0 Å². The Morgan fingerprint density at radius 2 is 2.12 bits per heavy atom. The minimum absolute atomic E-state index is 0.485. The zero-order chi connectivity index (χ0) is 11.1. The molecule has 5 heteroatoms. The van der Waals surface area contributed by atoms with E-state index in [0.717, 1.165) is 22.2 Å². The van der Waals surface area contributed by atoms with Crippen LogP contribution in [-0.2, 0) is 0 Å². The van der Waals surface area contributed by atoms with Crippen LogP contribution in [0.25, 0.3) is 22.2 Å². The van der Waals surface area contributed by atoms with Gasteiger partial charge in [0.2, 0.25) is 0 Å². The largest absolute Gasteiger partial charge is 0.382 e. The quantitative estimate of drug-likeness (QED) is 0.604. The van der Waals surface area contributed by atoms with Crippen molar-refractivity contribution in [1.29, 1.82) is 0 Å². The van der Waals surface area contributed by atoms with Crippen molar-refractivity contribution in [2.24, 2.45) is 0 Å². The third-order valence-corrected chi connectivity index (χ3v) is 2.77. The fraction of sp³-hybridized carbons (Fsp3) is 0. The molecule has 0 atom stereocenters. The number of rotatable bonds is 1. The first-order valence-corrected chi connectivity index (χ1v) is 5.20. The second-order valence-corrected chi connectivity index (χ2v) is 4.04. The average molecular weight is 233 g/mol. The fourth-order valence-corrected chi connectivity index (χ4v) is 1.97. The number of nitrogens with one attached hydrogen (secondary N) is 2. The van der Waals surface area contributed by atoms with Gasteiger partial charge < -0.3 is 10.7 Å². The fourth-order valence-electron chi connectivity index (χ4n) is 1.80. The van der Waals surface area contributed by atoms with E-state index in [2.05, 4.69) is 15.2 Å². The van der Waals surface area contributed by atoms with Gasteiger partial charge in [-0.25, -0.2) is 0 Å². The Kier molecular flexibility index (Phi) is 1.91. The highest BCUT2D eigenvalue weighted by Gasteiger charge is 2.08. The highest BCUT2D eigenvalue weighted by Crippen LogP contribution is 2.29. The Hall–Kier alpha value is -1.94. The highest BCUT2D eigenvalue weighted by molar-refractivity contribution is 6.31. The Bertz CT molecular complexity index is 653. The number of aromatic amines is 2. The highest BCUT2D eigenvalue weighted by atomic mass is 35.5. The molecule has 2 heterocycles. The molecule has 0 aliphatic heterocycles. The number of H-pyrrole nitrogens is 2. The number of nitrogens with two attached hydrogens (primary N) is 1. The van der Waals surface area contributed by atoms with E-state index in [1.165, 1.54) is 0 Å². The maximum Gasteiger partial charge on any atom is 0.145 e.